The molecule has 8 nitrogen and oxygen atoms in total. The van der Waals surface area contributed by atoms with E-state index in [1.165, 1.54) is 20.8 Å². The molecule has 0 rings (SSSR count). The summed E-state index contributed by atoms with van der Waals surface area (Å²) in [7, 11) is 0. The van der Waals surface area contributed by atoms with Crippen molar-refractivity contribution in [2.45, 2.75) is 65.3 Å². The average Bonchev–Trinajstić information content (AvgIpc) is 2.35. The highest BCUT2D eigenvalue weighted by atomic mass is 16.6. The summed E-state index contributed by atoms with van der Waals surface area (Å²) < 4.78 is 5.03. The summed E-state index contributed by atoms with van der Waals surface area (Å²) in [5, 5.41) is 7.22. The van der Waals surface area contributed by atoms with Gasteiger partial charge in [0.1, 0.15) is 24.0 Å². The summed E-state index contributed by atoms with van der Waals surface area (Å²) >= 11 is 0. The van der Waals surface area contributed by atoms with Crippen LogP contribution >= 0.6 is 0 Å². The van der Waals surface area contributed by atoms with Crippen LogP contribution in [0.1, 0.15) is 41.5 Å². The first-order valence-corrected chi connectivity index (χ1v) is 7.02. The van der Waals surface area contributed by atoms with E-state index in [9.17, 15) is 19.2 Å². The van der Waals surface area contributed by atoms with Crippen LogP contribution in [-0.4, -0.2) is 47.9 Å². The maximum absolute atomic E-state index is 11.9. The zero-order valence-corrected chi connectivity index (χ0v) is 13.9. The molecular weight excluding hydrogens is 290 g/mol. The minimum atomic E-state index is -0.867. The van der Waals surface area contributed by atoms with Crippen LogP contribution in [0.15, 0.2) is 0 Å². The molecule has 0 bridgehead atoms. The molecule has 0 aromatic carbocycles. The van der Waals surface area contributed by atoms with Gasteiger partial charge in [0.25, 0.3) is 0 Å². The molecule has 0 spiro atoms. The smallest absolute Gasteiger partial charge is 0.408 e. The highest BCUT2D eigenvalue weighted by Crippen LogP contribution is 2.06. The number of carbonyl (C=O) groups excluding carboxylic acids is 4. The van der Waals surface area contributed by atoms with Gasteiger partial charge in [0.05, 0.1) is 6.04 Å². The van der Waals surface area contributed by atoms with Gasteiger partial charge in [-0.2, -0.15) is 0 Å². The summed E-state index contributed by atoms with van der Waals surface area (Å²) in [6, 6.07) is -2.34. The Morgan fingerprint density at radius 2 is 1.36 bits per heavy atom. The molecule has 3 atom stereocenters. The van der Waals surface area contributed by atoms with Gasteiger partial charge in [-0.25, -0.2) is 4.79 Å². The molecule has 0 aromatic heterocycles. The first-order valence-electron chi connectivity index (χ1n) is 7.02. The van der Waals surface area contributed by atoms with E-state index in [4.69, 9.17) is 4.74 Å². The second-order valence-corrected chi connectivity index (χ2v) is 6.03. The van der Waals surface area contributed by atoms with Gasteiger partial charge < -0.3 is 25.5 Å². The number of carbonyl (C=O) groups is 4. The second-order valence-electron chi connectivity index (χ2n) is 6.03. The van der Waals surface area contributed by atoms with Gasteiger partial charge in [0.2, 0.25) is 11.8 Å². The molecule has 0 saturated heterocycles. The van der Waals surface area contributed by atoms with Gasteiger partial charge in [-0.05, 0) is 41.5 Å². The number of hydrogen-bond acceptors (Lipinski definition) is 5. The lowest BCUT2D eigenvalue weighted by Crippen LogP contribution is -2.53. The molecule has 22 heavy (non-hydrogen) atoms. The van der Waals surface area contributed by atoms with Crippen LogP contribution in [0.4, 0.5) is 4.79 Å². The van der Waals surface area contributed by atoms with E-state index in [0.717, 1.165) is 0 Å². The van der Waals surface area contributed by atoms with Crippen molar-refractivity contribution in [1.29, 1.82) is 0 Å². The lowest BCUT2D eigenvalue weighted by molar-refractivity contribution is -0.130. The average molecular weight is 315 g/mol. The molecule has 3 unspecified atom stereocenters. The van der Waals surface area contributed by atoms with Crippen molar-refractivity contribution < 1.29 is 23.9 Å². The van der Waals surface area contributed by atoms with E-state index >= 15 is 0 Å². The third kappa shape index (κ3) is 8.23. The number of nitrogens with one attached hydrogen (secondary N) is 3. The highest BCUT2D eigenvalue weighted by molar-refractivity contribution is 5.91. The lowest BCUT2D eigenvalue weighted by atomic mass is 10.2. The molecule has 3 amide bonds. The number of alkyl carbamates (subject to hydrolysis) is 1. The van der Waals surface area contributed by atoms with E-state index in [1.807, 2.05) is 0 Å². The molecule has 0 aromatic rings. The molecule has 126 valence electrons. The summed E-state index contributed by atoms with van der Waals surface area (Å²) in [6.45, 7) is 9.59. The standard InChI is InChI=1S/C14H25N3O5/c1-8(7-18)15-11(19)9(2)16-12(20)10(3)17-13(21)22-14(4,5)6/h7-10H,1-6H3,(H,15,19)(H,16,20)(H,17,21). The Kier molecular flexibility index (Phi) is 7.55. The summed E-state index contributed by atoms with van der Waals surface area (Å²) in [5.41, 5.74) is -0.668. The molecule has 0 heterocycles. The van der Waals surface area contributed by atoms with Crippen molar-refractivity contribution >= 4 is 24.2 Å². The van der Waals surface area contributed by atoms with Crippen LogP contribution < -0.4 is 16.0 Å². The minimum absolute atomic E-state index is 0.489. The molecule has 0 radical (unpaired) electrons. The van der Waals surface area contributed by atoms with E-state index < -0.39 is 41.6 Å². The quantitative estimate of drug-likeness (QED) is 0.602. The van der Waals surface area contributed by atoms with Crippen molar-refractivity contribution in [2.24, 2.45) is 0 Å². The molecule has 0 aliphatic rings. The molecule has 3 N–H and O–H groups in total. The van der Waals surface area contributed by atoms with E-state index in [2.05, 4.69) is 16.0 Å². The van der Waals surface area contributed by atoms with Gasteiger partial charge in [-0.1, -0.05) is 0 Å². The van der Waals surface area contributed by atoms with E-state index in [-0.39, 0.29) is 0 Å². The minimum Gasteiger partial charge on any atom is -0.444 e. The van der Waals surface area contributed by atoms with Crippen LogP contribution in [0.3, 0.4) is 0 Å². The topological polar surface area (TPSA) is 114 Å². The Balaban J connectivity index is 4.38. The fraction of sp³-hybridized carbons (Fsp3) is 0.714. The Bertz CT molecular complexity index is 431. The molecule has 0 aliphatic heterocycles. The number of aldehydes is 1. The molecule has 0 aliphatic carbocycles. The van der Waals surface area contributed by atoms with Crippen molar-refractivity contribution in [3.63, 3.8) is 0 Å². The third-order valence-electron chi connectivity index (χ3n) is 2.45. The van der Waals surface area contributed by atoms with E-state index in [0.29, 0.717) is 6.29 Å². The summed E-state index contributed by atoms with van der Waals surface area (Å²) in [5.74, 6) is -1.02. The monoisotopic (exact) mass is 315 g/mol. The Labute approximate surface area is 130 Å². The predicted molar refractivity (Wildman–Crippen MR) is 80.1 cm³/mol. The van der Waals surface area contributed by atoms with Gasteiger partial charge in [-0.15, -0.1) is 0 Å². The number of amides is 3. The first kappa shape index (κ1) is 19.9. The van der Waals surface area contributed by atoms with Crippen LogP contribution in [0, 0.1) is 0 Å². The first-order chi connectivity index (χ1) is 9.96. The van der Waals surface area contributed by atoms with E-state index in [1.54, 1.807) is 20.8 Å². The fourth-order valence-electron chi connectivity index (χ4n) is 1.34. The van der Waals surface area contributed by atoms with Crippen LogP contribution in [0.2, 0.25) is 0 Å². The predicted octanol–water partition coefficient (Wildman–Crippen LogP) is 0.108. The second kappa shape index (κ2) is 8.35. The number of hydrogen-bond donors (Lipinski definition) is 3. The maximum atomic E-state index is 11.9. The van der Waals surface area contributed by atoms with Crippen molar-refractivity contribution in [3.05, 3.63) is 0 Å². The molecule has 0 saturated carbocycles. The zero-order chi connectivity index (χ0) is 17.5. The largest absolute Gasteiger partial charge is 0.444 e. The Hall–Kier alpha value is -2.12. The Morgan fingerprint density at radius 1 is 0.909 bits per heavy atom. The number of ether oxygens (including phenoxy) is 1. The Morgan fingerprint density at radius 3 is 1.82 bits per heavy atom. The summed E-state index contributed by atoms with van der Waals surface area (Å²) in [6.07, 6.45) is -0.138. The van der Waals surface area contributed by atoms with Gasteiger partial charge >= 0.3 is 6.09 Å². The van der Waals surface area contributed by atoms with Crippen LogP contribution in [-0.2, 0) is 19.1 Å². The van der Waals surface area contributed by atoms with Crippen molar-refractivity contribution in [2.75, 3.05) is 0 Å². The molecule has 8 heteroatoms. The van der Waals surface area contributed by atoms with Gasteiger partial charge in [0, 0.05) is 0 Å². The van der Waals surface area contributed by atoms with Crippen LogP contribution in [0.25, 0.3) is 0 Å². The van der Waals surface area contributed by atoms with Gasteiger partial charge in [0.15, 0.2) is 0 Å². The fourth-order valence-corrected chi connectivity index (χ4v) is 1.34. The third-order valence-corrected chi connectivity index (χ3v) is 2.45. The van der Waals surface area contributed by atoms with Crippen molar-refractivity contribution in [1.82, 2.24) is 16.0 Å². The van der Waals surface area contributed by atoms with Crippen molar-refractivity contribution in [3.8, 4) is 0 Å². The zero-order valence-electron chi connectivity index (χ0n) is 13.9. The lowest BCUT2D eigenvalue weighted by Gasteiger charge is -2.22. The maximum Gasteiger partial charge on any atom is 0.408 e. The SMILES string of the molecule is CC(C=O)NC(=O)C(C)NC(=O)C(C)NC(=O)OC(C)(C)C. The molecular formula is C14H25N3O5. The normalized spacial score (nSPS) is 15.0. The number of rotatable bonds is 6. The summed E-state index contributed by atoms with van der Waals surface area (Å²) in [4.78, 5) is 45.6. The highest BCUT2D eigenvalue weighted by Gasteiger charge is 2.23. The van der Waals surface area contributed by atoms with Gasteiger partial charge in [-0.3, -0.25) is 9.59 Å². The van der Waals surface area contributed by atoms with Crippen LogP contribution in [0.5, 0.6) is 0 Å². The molecule has 0 fully saturated rings.